The summed E-state index contributed by atoms with van der Waals surface area (Å²) in [5.74, 6) is -1.04. The fraction of sp³-hybridized carbons (Fsp3) is 0.364. The highest BCUT2D eigenvalue weighted by Crippen LogP contribution is 2.37. The molecule has 18 heavy (non-hydrogen) atoms. The zero-order chi connectivity index (χ0) is 14.1. The van der Waals surface area contributed by atoms with Crippen molar-refractivity contribution in [2.24, 2.45) is 0 Å². The lowest BCUT2D eigenvalue weighted by Gasteiger charge is -2.12. The Labute approximate surface area is 101 Å². The van der Waals surface area contributed by atoms with Crippen LogP contribution in [-0.2, 0) is 11.0 Å². The molecule has 0 amide bonds. The zero-order valence-electron chi connectivity index (χ0n) is 9.62. The van der Waals surface area contributed by atoms with Gasteiger partial charge in [-0.15, -0.1) is 0 Å². The second-order valence-corrected chi connectivity index (χ2v) is 3.86. The summed E-state index contributed by atoms with van der Waals surface area (Å²) in [4.78, 5) is 20.5. The van der Waals surface area contributed by atoms with Crippen molar-refractivity contribution in [2.45, 2.75) is 25.9 Å². The number of benzene rings is 1. The van der Waals surface area contributed by atoms with Gasteiger partial charge in [0.1, 0.15) is 11.3 Å². The number of nitro groups is 1. The Morgan fingerprint density at radius 2 is 1.94 bits per heavy atom. The van der Waals surface area contributed by atoms with E-state index < -0.39 is 28.3 Å². The van der Waals surface area contributed by atoms with Crippen LogP contribution < -0.4 is 0 Å². The van der Waals surface area contributed by atoms with Crippen LogP contribution in [0.5, 0.6) is 0 Å². The van der Waals surface area contributed by atoms with Gasteiger partial charge in [0.15, 0.2) is 0 Å². The molecule has 7 heteroatoms. The SMILES string of the molecule is CC(=O)C(C)c1ccc([N+](=O)[O-])c(C(F)(F)F)c1. The van der Waals surface area contributed by atoms with Crippen LogP contribution >= 0.6 is 0 Å². The van der Waals surface area contributed by atoms with Crippen LogP contribution in [-0.4, -0.2) is 10.7 Å². The Kier molecular flexibility index (Phi) is 3.73. The molecule has 1 rings (SSSR count). The van der Waals surface area contributed by atoms with Crippen molar-refractivity contribution in [3.8, 4) is 0 Å². The number of Topliss-reactive ketones (excluding diaryl/α,β-unsaturated/α-hetero) is 1. The third-order valence-electron chi connectivity index (χ3n) is 2.63. The second-order valence-electron chi connectivity index (χ2n) is 3.86. The molecular weight excluding hydrogens is 251 g/mol. The Hall–Kier alpha value is -1.92. The van der Waals surface area contributed by atoms with Crippen molar-refractivity contribution in [2.75, 3.05) is 0 Å². The normalized spacial score (nSPS) is 13.2. The molecule has 0 saturated carbocycles. The van der Waals surface area contributed by atoms with Gasteiger partial charge in [-0.1, -0.05) is 13.0 Å². The van der Waals surface area contributed by atoms with Gasteiger partial charge in [-0.3, -0.25) is 14.9 Å². The van der Waals surface area contributed by atoms with E-state index in [2.05, 4.69) is 0 Å². The number of hydrogen-bond donors (Lipinski definition) is 0. The number of nitrogens with zero attached hydrogens (tertiary/aromatic N) is 1. The minimum atomic E-state index is -4.82. The van der Waals surface area contributed by atoms with Crippen molar-refractivity contribution >= 4 is 11.5 Å². The van der Waals surface area contributed by atoms with Crippen LogP contribution in [0.4, 0.5) is 18.9 Å². The van der Waals surface area contributed by atoms with Crippen molar-refractivity contribution in [1.82, 2.24) is 0 Å². The molecular formula is C11H10F3NO3. The van der Waals surface area contributed by atoms with Gasteiger partial charge in [-0.05, 0) is 18.6 Å². The fourth-order valence-corrected chi connectivity index (χ4v) is 1.44. The predicted molar refractivity (Wildman–Crippen MR) is 57.2 cm³/mol. The maximum atomic E-state index is 12.7. The molecule has 0 N–H and O–H groups in total. The van der Waals surface area contributed by atoms with Crippen LogP contribution in [0.2, 0.25) is 0 Å². The van der Waals surface area contributed by atoms with Crippen LogP contribution in [0.25, 0.3) is 0 Å². The summed E-state index contributed by atoms with van der Waals surface area (Å²) in [6, 6.07) is 2.60. The van der Waals surface area contributed by atoms with E-state index in [-0.39, 0.29) is 11.3 Å². The molecule has 0 fully saturated rings. The first kappa shape index (κ1) is 14.1. The molecule has 0 aliphatic heterocycles. The summed E-state index contributed by atoms with van der Waals surface area (Å²) < 4.78 is 38.0. The number of ketones is 1. The average molecular weight is 261 g/mol. The van der Waals surface area contributed by atoms with Gasteiger partial charge in [0, 0.05) is 12.0 Å². The van der Waals surface area contributed by atoms with Gasteiger partial charge < -0.3 is 0 Å². The lowest BCUT2D eigenvalue weighted by atomic mass is 9.95. The van der Waals surface area contributed by atoms with Crippen LogP contribution in [0, 0.1) is 10.1 Å². The molecule has 4 nitrogen and oxygen atoms in total. The third kappa shape index (κ3) is 2.85. The molecule has 0 aliphatic carbocycles. The number of rotatable bonds is 3. The lowest BCUT2D eigenvalue weighted by molar-refractivity contribution is -0.388. The van der Waals surface area contributed by atoms with Gasteiger partial charge >= 0.3 is 6.18 Å². The molecule has 1 unspecified atom stereocenters. The summed E-state index contributed by atoms with van der Waals surface area (Å²) in [6.07, 6.45) is -4.82. The standard InChI is InChI=1S/C11H10F3NO3/c1-6(7(2)16)8-3-4-10(15(17)18)9(5-8)11(12,13)14/h3-6H,1-2H3. The quantitative estimate of drug-likeness (QED) is 0.619. The van der Waals surface area contributed by atoms with E-state index >= 15 is 0 Å². The van der Waals surface area contributed by atoms with Crippen molar-refractivity contribution in [3.05, 3.63) is 39.4 Å². The smallest absolute Gasteiger partial charge is 0.299 e. The number of carbonyl (C=O) groups is 1. The van der Waals surface area contributed by atoms with Gasteiger partial charge in [0.05, 0.1) is 4.92 Å². The van der Waals surface area contributed by atoms with E-state index in [1.165, 1.54) is 19.9 Å². The Balaban J connectivity index is 3.39. The van der Waals surface area contributed by atoms with E-state index in [0.717, 1.165) is 6.07 Å². The number of carbonyl (C=O) groups excluding carboxylic acids is 1. The second kappa shape index (κ2) is 4.75. The predicted octanol–water partition coefficient (Wildman–Crippen LogP) is 3.31. The molecule has 0 heterocycles. The molecule has 1 aromatic rings. The summed E-state index contributed by atoms with van der Waals surface area (Å²) in [7, 11) is 0. The summed E-state index contributed by atoms with van der Waals surface area (Å²) >= 11 is 0. The topological polar surface area (TPSA) is 60.2 Å². The minimum Gasteiger partial charge on any atom is -0.299 e. The number of halogens is 3. The Bertz CT molecular complexity index is 497. The average Bonchev–Trinajstić information content (AvgIpc) is 2.25. The van der Waals surface area contributed by atoms with Crippen molar-refractivity contribution in [1.29, 1.82) is 0 Å². The van der Waals surface area contributed by atoms with Gasteiger partial charge in [-0.25, -0.2) is 0 Å². The van der Waals surface area contributed by atoms with Gasteiger partial charge in [0.2, 0.25) is 0 Å². The van der Waals surface area contributed by atoms with E-state index in [4.69, 9.17) is 0 Å². The monoisotopic (exact) mass is 261 g/mol. The number of alkyl halides is 3. The fourth-order valence-electron chi connectivity index (χ4n) is 1.44. The van der Waals surface area contributed by atoms with E-state index in [0.29, 0.717) is 6.07 Å². The van der Waals surface area contributed by atoms with Gasteiger partial charge in [0.25, 0.3) is 5.69 Å². The van der Waals surface area contributed by atoms with Gasteiger partial charge in [-0.2, -0.15) is 13.2 Å². The molecule has 98 valence electrons. The lowest BCUT2D eigenvalue weighted by Crippen LogP contribution is -2.12. The van der Waals surface area contributed by atoms with Crippen LogP contribution in [0.1, 0.15) is 30.9 Å². The Morgan fingerprint density at radius 1 is 1.39 bits per heavy atom. The van der Waals surface area contributed by atoms with Crippen LogP contribution in [0.15, 0.2) is 18.2 Å². The summed E-state index contributed by atoms with van der Waals surface area (Å²) in [6.45, 7) is 2.70. The molecule has 0 spiro atoms. The first-order valence-electron chi connectivity index (χ1n) is 5.00. The minimum absolute atomic E-state index is 0.112. The Morgan fingerprint density at radius 3 is 2.33 bits per heavy atom. The van der Waals surface area contributed by atoms with Crippen molar-refractivity contribution in [3.63, 3.8) is 0 Å². The van der Waals surface area contributed by atoms with Crippen molar-refractivity contribution < 1.29 is 22.9 Å². The largest absolute Gasteiger partial charge is 0.423 e. The maximum Gasteiger partial charge on any atom is 0.423 e. The third-order valence-corrected chi connectivity index (χ3v) is 2.63. The first-order valence-corrected chi connectivity index (χ1v) is 5.00. The number of hydrogen-bond acceptors (Lipinski definition) is 3. The summed E-state index contributed by atoms with van der Waals surface area (Å²) in [5.41, 5.74) is -2.24. The first-order chi connectivity index (χ1) is 8.14. The van der Waals surface area contributed by atoms with E-state index in [1.807, 2.05) is 0 Å². The van der Waals surface area contributed by atoms with Crippen LogP contribution in [0.3, 0.4) is 0 Å². The summed E-state index contributed by atoms with van der Waals surface area (Å²) in [5, 5.41) is 10.5. The van der Waals surface area contributed by atoms with E-state index in [9.17, 15) is 28.1 Å². The zero-order valence-corrected chi connectivity index (χ0v) is 9.62. The molecule has 0 aromatic heterocycles. The van der Waals surface area contributed by atoms with E-state index in [1.54, 1.807) is 0 Å². The molecule has 0 saturated heterocycles. The maximum absolute atomic E-state index is 12.7. The highest BCUT2D eigenvalue weighted by molar-refractivity contribution is 5.83. The molecule has 0 radical (unpaired) electrons. The molecule has 0 aliphatic rings. The molecule has 0 bridgehead atoms. The molecule has 1 atom stereocenters. The highest BCUT2D eigenvalue weighted by atomic mass is 19.4. The molecule has 1 aromatic carbocycles. The highest BCUT2D eigenvalue weighted by Gasteiger charge is 2.38. The number of nitro benzene ring substituents is 1.